The molecule has 2 aromatic carbocycles. The third-order valence-corrected chi connectivity index (χ3v) is 5.18. The number of carbonyl (C=O) groups excluding carboxylic acids is 1. The van der Waals surface area contributed by atoms with Gasteiger partial charge in [0.25, 0.3) is 0 Å². The molecule has 5 nitrogen and oxygen atoms in total. The van der Waals surface area contributed by atoms with Crippen LogP contribution in [0.25, 0.3) is 6.08 Å². The molecule has 0 N–H and O–H groups in total. The van der Waals surface area contributed by atoms with E-state index >= 15 is 0 Å². The van der Waals surface area contributed by atoms with Gasteiger partial charge in [-0.3, -0.25) is 9.69 Å². The van der Waals surface area contributed by atoms with Gasteiger partial charge in [-0.15, -0.1) is 0 Å². The van der Waals surface area contributed by atoms with Crippen molar-refractivity contribution in [3.8, 4) is 17.2 Å². The highest BCUT2D eigenvalue weighted by Crippen LogP contribution is 2.35. The Morgan fingerprint density at radius 1 is 1.04 bits per heavy atom. The van der Waals surface area contributed by atoms with Crippen molar-refractivity contribution in [2.45, 2.75) is 19.3 Å². The lowest BCUT2D eigenvalue weighted by Crippen LogP contribution is -2.33. The molecule has 5 heteroatoms. The van der Waals surface area contributed by atoms with Crippen LogP contribution in [0.4, 0.5) is 0 Å². The molecule has 0 amide bonds. The first kappa shape index (κ1) is 18.6. The molecule has 0 aliphatic carbocycles. The fourth-order valence-electron chi connectivity index (χ4n) is 3.58. The standard InChI is InChI=1S/C23H25NO4/c1-26-18-7-5-17(6-8-18)15-22-23(25)20-10-9-19(16-21(20)28-22)27-14-13-24-11-3-2-4-12-24/h5-10,15-16H,2-4,11-14H2,1H3/b22-15+. The van der Waals surface area contributed by atoms with Gasteiger partial charge in [-0.2, -0.15) is 0 Å². The molecule has 0 spiro atoms. The number of ether oxygens (including phenoxy) is 3. The summed E-state index contributed by atoms with van der Waals surface area (Å²) in [5.41, 5.74) is 1.46. The summed E-state index contributed by atoms with van der Waals surface area (Å²) in [6, 6.07) is 12.9. The molecule has 0 radical (unpaired) electrons. The van der Waals surface area contributed by atoms with E-state index < -0.39 is 0 Å². The lowest BCUT2D eigenvalue weighted by Gasteiger charge is -2.26. The quantitative estimate of drug-likeness (QED) is 0.705. The summed E-state index contributed by atoms with van der Waals surface area (Å²) in [7, 11) is 1.62. The Labute approximate surface area is 165 Å². The Kier molecular flexibility index (Phi) is 5.63. The molecular formula is C23H25NO4. The summed E-state index contributed by atoms with van der Waals surface area (Å²) in [6.07, 6.45) is 5.63. The highest BCUT2D eigenvalue weighted by atomic mass is 16.5. The first-order valence-electron chi connectivity index (χ1n) is 9.80. The lowest BCUT2D eigenvalue weighted by atomic mass is 10.1. The molecule has 1 saturated heterocycles. The predicted molar refractivity (Wildman–Crippen MR) is 108 cm³/mol. The van der Waals surface area contributed by atoms with Crippen molar-refractivity contribution in [2.75, 3.05) is 33.4 Å². The number of likely N-dealkylation sites (tertiary alicyclic amines) is 1. The molecular weight excluding hydrogens is 354 g/mol. The predicted octanol–water partition coefficient (Wildman–Crippen LogP) is 4.18. The Bertz CT molecular complexity index is 867. The van der Waals surface area contributed by atoms with Gasteiger partial charge in [0.15, 0.2) is 5.76 Å². The number of rotatable bonds is 6. The van der Waals surface area contributed by atoms with Crippen molar-refractivity contribution in [2.24, 2.45) is 0 Å². The van der Waals surface area contributed by atoms with Crippen molar-refractivity contribution < 1.29 is 19.0 Å². The van der Waals surface area contributed by atoms with Gasteiger partial charge in [0.1, 0.15) is 23.9 Å². The van der Waals surface area contributed by atoms with Gasteiger partial charge in [0.05, 0.1) is 12.7 Å². The van der Waals surface area contributed by atoms with Crippen molar-refractivity contribution in [3.05, 3.63) is 59.4 Å². The second kappa shape index (κ2) is 8.48. The third kappa shape index (κ3) is 4.20. The third-order valence-electron chi connectivity index (χ3n) is 5.18. The lowest BCUT2D eigenvalue weighted by molar-refractivity contribution is 0.101. The number of piperidine rings is 1. The van der Waals surface area contributed by atoms with E-state index in [0.717, 1.165) is 36.7 Å². The van der Waals surface area contributed by atoms with Gasteiger partial charge in [0.2, 0.25) is 5.78 Å². The van der Waals surface area contributed by atoms with E-state index in [1.807, 2.05) is 30.3 Å². The molecule has 0 aromatic heterocycles. The van der Waals surface area contributed by atoms with E-state index in [0.29, 0.717) is 23.7 Å². The average Bonchev–Trinajstić information content (AvgIpc) is 3.04. The fourth-order valence-corrected chi connectivity index (χ4v) is 3.58. The number of Topliss-reactive ketones (excluding diaryl/α,β-unsaturated/α-hetero) is 1. The van der Waals surface area contributed by atoms with E-state index in [-0.39, 0.29) is 5.78 Å². The van der Waals surface area contributed by atoms with Crippen LogP contribution < -0.4 is 14.2 Å². The number of methoxy groups -OCH3 is 1. The van der Waals surface area contributed by atoms with Crippen molar-refractivity contribution in [1.82, 2.24) is 4.90 Å². The first-order valence-corrected chi connectivity index (χ1v) is 9.80. The van der Waals surface area contributed by atoms with E-state index in [1.165, 1.54) is 19.3 Å². The first-order chi connectivity index (χ1) is 13.7. The summed E-state index contributed by atoms with van der Waals surface area (Å²) in [5.74, 6) is 2.28. The van der Waals surface area contributed by atoms with Crippen LogP contribution in [0, 0.1) is 0 Å². The van der Waals surface area contributed by atoms with Crippen LogP contribution in [0.15, 0.2) is 48.2 Å². The number of benzene rings is 2. The number of ketones is 1. The van der Waals surface area contributed by atoms with Crippen LogP contribution in [-0.2, 0) is 0 Å². The molecule has 2 heterocycles. The number of hydrogen-bond acceptors (Lipinski definition) is 5. The van der Waals surface area contributed by atoms with Crippen LogP contribution in [0.5, 0.6) is 17.2 Å². The van der Waals surface area contributed by atoms with E-state index in [4.69, 9.17) is 14.2 Å². The van der Waals surface area contributed by atoms with Crippen LogP contribution >= 0.6 is 0 Å². The summed E-state index contributed by atoms with van der Waals surface area (Å²) in [6.45, 7) is 3.89. The molecule has 0 atom stereocenters. The minimum Gasteiger partial charge on any atom is -0.497 e. The molecule has 0 unspecified atom stereocenters. The average molecular weight is 379 g/mol. The molecule has 0 bridgehead atoms. The molecule has 1 fully saturated rings. The molecule has 2 aliphatic heterocycles. The molecule has 2 aromatic rings. The molecule has 28 heavy (non-hydrogen) atoms. The van der Waals surface area contributed by atoms with Crippen LogP contribution in [0.3, 0.4) is 0 Å². The molecule has 4 rings (SSSR count). The fraction of sp³-hybridized carbons (Fsp3) is 0.348. The highest BCUT2D eigenvalue weighted by molar-refractivity contribution is 6.14. The minimum atomic E-state index is -0.106. The maximum absolute atomic E-state index is 12.6. The maximum Gasteiger partial charge on any atom is 0.231 e. The van der Waals surface area contributed by atoms with Gasteiger partial charge in [0, 0.05) is 12.6 Å². The Morgan fingerprint density at radius 3 is 2.54 bits per heavy atom. The van der Waals surface area contributed by atoms with Gasteiger partial charge < -0.3 is 14.2 Å². The molecule has 146 valence electrons. The van der Waals surface area contributed by atoms with Gasteiger partial charge in [-0.25, -0.2) is 0 Å². The summed E-state index contributed by atoms with van der Waals surface area (Å²) < 4.78 is 16.8. The number of nitrogens with zero attached hydrogens (tertiary/aromatic N) is 1. The zero-order valence-corrected chi connectivity index (χ0v) is 16.1. The normalized spacial score (nSPS) is 18.0. The number of allylic oxidation sites excluding steroid dienone is 1. The Hall–Kier alpha value is -2.79. The van der Waals surface area contributed by atoms with E-state index in [1.54, 1.807) is 25.3 Å². The second-order valence-electron chi connectivity index (χ2n) is 7.12. The van der Waals surface area contributed by atoms with Crippen LogP contribution in [0.2, 0.25) is 0 Å². The topological polar surface area (TPSA) is 48.0 Å². The van der Waals surface area contributed by atoms with Crippen LogP contribution in [0.1, 0.15) is 35.2 Å². The number of carbonyl (C=O) groups is 1. The SMILES string of the molecule is COc1ccc(/C=C2/Oc3cc(OCCN4CCCCC4)ccc3C2=O)cc1. The second-order valence-corrected chi connectivity index (χ2v) is 7.12. The zero-order chi connectivity index (χ0) is 19.3. The van der Waals surface area contributed by atoms with Crippen molar-refractivity contribution in [3.63, 3.8) is 0 Å². The maximum atomic E-state index is 12.6. The largest absolute Gasteiger partial charge is 0.497 e. The smallest absolute Gasteiger partial charge is 0.231 e. The van der Waals surface area contributed by atoms with Crippen LogP contribution in [-0.4, -0.2) is 44.0 Å². The zero-order valence-electron chi connectivity index (χ0n) is 16.1. The monoisotopic (exact) mass is 379 g/mol. The summed E-state index contributed by atoms with van der Waals surface area (Å²) in [4.78, 5) is 15.0. The summed E-state index contributed by atoms with van der Waals surface area (Å²) in [5, 5.41) is 0. The van der Waals surface area contributed by atoms with Gasteiger partial charge >= 0.3 is 0 Å². The molecule has 0 saturated carbocycles. The Morgan fingerprint density at radius 2 is 1.79 bits per heavy atom. The number of fused-ring (bicyclic) bond motifs is 1. The molecule has 2 aliphatic rings. The van der Waals surface area contributed by atoms with Crippen molar-refractivity contribution in [1.29, 1.82) is 0 Å². The Balaban J connectivity index is 1.39. The van der Waals surface area contributed by atoms with E-state index in [2.05, 4.69) is 4.90 Å². The van der Waals surface area contributed by atoms with Gasteiger partial charge in [-0.05, 0) is 61.8 Å². The van der Waals surface area contributed by atoms with Gasteiger partial charge in [-0.1, -0.05) is 18.6 Å². The highest BCUT2D eigenvalue weighted by Gasteiger charge is 2.27. The summed E-state index contributed by atoms with van der Waals surface area (Å²) >= 11 is 0. The van der Waals surface area contributed by atoms with E-state index in [9.17, 15) is 4.79 Å². The minimum absolute atomic E-state index is 0.106. The number of hydrogen-bond donors (Lipinski definition) is 0. The van der Waals surface area contributed by atoms with Crippen molar-refractivity contribution >= 4 is 11.9 Å².